The highest BCUT2D eigenvalue weighted by atomic mass is 16.3. The van der Waals surface area contributed by atoms with Crippen molar-refractivity contribution < 1.29 is 35.4 Å². The fraction of sp³-hybridized carbons (Fsp3) is 0.889. The molecule has 4 aliphatic rings. The van der Waals surface area contributed by atoms with E-state index in [2.05, 4.69) is 13.8 Å². The van der Waals surface area contributed by atoms with Gasteiger partial charge in [-0.2, -0.15) is 0 Å². The molecular formula is C27H44O7. The molecule has 0 aromatic heterocycles. The van der Waals surface area contributed by atoms with Crippen molar-refractivity contribution in [2.75, 3.05) is 0 Å². The molecule has 11 atom stereocenters. The van der Waals surface area contributed by atoms with Crippen LogP contribution < -0.4 is 0 Å². The Bertz CT molecular complexity index is 852. The molecule has 0 spiro atoms. The number of ketones is 1. The molecule has 3 saturated carbocycles. The molecule has 0 aromatic carbocycles. The Morgan fingerprint density at radius 2 is 1.74 bits per heavy atom. The van der Waals surface area contributed by atoms with E-state index in [4.69, 9.17) is 0 Å². The summed E-state index contributed by atoms with van der Waals surface area (Å²) in [6.45, 7) is 9.52. The van der Waals surface area contributed by atoms with Crippen molar-refractivity contribution >= 4 is 5.78 Å². The van der Waals surface area contributed by atoms with E-state index < -0.39 is 64.2 Å². The van der Waals surface area contributed by atoms with Crippen LogP contribution in [0.3, 0.4) is 0 Å². The number of hydrogen-bond acceptors (Lipinski definition) is 7. The van der Waals surface area contributed by atoms with Crippen LogP contribution >= 0.6 is 0 Å². The number of carbonyl (C=O) groups is 1. The highest BCUT2D eigenvalue weighted by Crippen LogP contribution is 2.68. The molecule has 0 unspecified atom stereocenters. The summed E-state index contributed by atoms with van der Waals surface area (Å²) in [5.74, 6) is -1.32. The van der Waals surface area contributed by atoms with Gasteiger partial charge in [-0.25, -0.2) is 0 Å². The standard InChI is InChI=1S/C27H44O7/c1-14(2)6-7-22(32)26(5,33)21-8-9-27(34)16-11-17(28)15-10-18(29)19(30)12-24(15,3)23(16)20(31)13-25(21,27)4/h11,14-15,18-23,29-34H,6-10,12-13H2,1-5H3/t15-,18+,19-,20+,21-,22-,23+,24-,25+,26+,27+/m0/s1. The molecule has 7 heteroatoms. The Kier molecular flexibility index (Phi) is 6.45. The van der Waals surface area contributed by atoms with Crippen molar-refractivity contribution in [3.63, 3.8) is 0 Å². The summed E-state index contributed by atoms with van der Waals surface area (Å²) in [6, 6.07) is 0. The smallest absolute Gasteiger partial charge is 0.159 e. The van der Waals surface area contributed by atoms with Gasteiger partial charge in [0.25, 0.3) is 0 Å². The largest absolute Gasteiger partial charge is 0.392 e. The lowest BCUT2D eigenvalue weighted by Crippen LogP contribution is -2.66. The van der Waals surface area contributed by atoms with Gasteiger partial charge in [0.2, 0.25) is 0 Å². The van der Waals surface area contributed by atoms with Gasteiger partial charge < -0.3 is 30.6 Å². The van der Waals surface area contributed by atoms with Crippen molar-refractivity contribution in [1.82, 2.24) is 0 Å². The van der Waals surface area contributed by atoms with Crippen LogP contribution in [0.1, 0.15) is 79.6 Å². The minimum absolute atomic E-state index is 0.137. The maximum absolute atomic E-state index is 13.3. The molecule has 0 aliphatic heterocycles. The number of rotatable bonds is 5. The molecule has 0 bridgehead atoms. The van der Waals surface area contributed by atoms with Crippen LogP contribution in [0.2, 0.25) is 0 Å². The van der Waals surface area contributed by atoms with Crippen molar-refractivity contribution in [3.8, 4) is 0 Å². The van der Waals surface area contributed by atoms with Crippen molar-refractivity contribution in [1.29, 1.82) is 0 Å². The van der Waals surface area contributed by atoms with Gasteiger partial charge in [-0.05, 0) is 80.8 Å². The van der Waals surface area contributed by atoms with E-state index in [1.54, 1.807) is 6.92 Å². The van der Waals surface area contributed by atoms with Gasteiger partial charge in [0.1, 0.15) is 0 Å². The first-order chi connectivity index (χ1) is 15.6. The van der Waals surface area contributed by atoms with Gasteiger partial charge in [-0.3, -0.25) is 4.79 Å². The minimum atomic E-state index is -1.46. The summed E-state index contributed by atoms with van der Waals surface area (Å²) >= 11 is 0. The van der Waals surface area contributed by atoms with E-state index in [9.17, 15) is 35.4 Å². The fourth-order valence-corrected chi connectivity index (χ4v) is 8.44. The summed E-state index contributed by atoms with van der Waals surface area (Å²) < 4.78 is 0. The third-order valence-corrected chi connectivity index (χ3v) is 10.5. The molecule has 0 heterocycles. The van der Waals surface area contributed by atoms with Crippen molar-refractivity contribution in [2.45, 2.75) is 115 Å². The summed E-state index contributed by atoms with van der Waals surface area (Å²) in [4.78, 5) is 13.3. The zero-order valence-electron chi connectivity index (χ0n) is 21.2. The molecule has 0 aromatic rings. The zero-order chi connectivity index (χ0) is 25.4. The Labute approximate surface area is 202 Å². The topological polar surface area (TPSA) is 138 Å². The van der Waals surface area contributed by atoms with E-state index in [1.165, 1.54) is 6.08 Å². The van der Waals surface area contributed by atoms with Gasteiger partial charge in [0, 0.05) is 17.3 Å². The van der Waals surface area contributed by atoms with Crippen LogP contribution in [0.15, 0.2) is 11.6 Å². The van der Waals surface area contributed by atoms with Gasteiger partial charge >= 0.3 is 0 Å². The molecular weight excluding hydrogens is 436 g/mol. The lowest BCUT2D eigenvalue weighted by Gasteiger charge is -2.62. The molecule has 4 aliphatic carbocycles. The second-order valence-corrected chi connectivity index (χ2v) is 13.0. The fourth-order valence-electron chi connectivity index (χ4n) is 8.44. The van der Waals surface area contributed by atoms with Crippen LogP contribution in [0.25, 0.3) is 0 Å². The first-order valence-corrected chi connectivity index (χ1v) is 13.0. The number of carbonyl (C=O) groups excluding carboxylic acids is 1. The molecule has 4 rings (SSSR count). The van der Waals surface area contributed by atoms with Crippen molar-refractivity contribution in [3.05, 3.63) is 11.6 Å². The quantitative estimate of drug-likeness (QED) is 0.352. The van der Waals surface area contributed by atoms with Crippen LogP contribution in [0.4, 0.5) is 0 Å². The van der Waals surface area contributed by atoms with E-state index in [-0.39, 0.29) is 25.0 Å². The van der Waals surface area contributed by atoms with Crippen LogP contribution in [-0.4, -0.2) is 72.0 Å². The highest BCUT2D eigenvalue weighted by Gasteiger charge is 2.71. The zero-order valence-corrected chi connectivity index (χ0v) is 21.2. The average molecular weight is 481 g/mol. The monoisotopic (exact) mass is 480 g/mol. The second-order valence-electron chi connectivity index (χ2n) is 13.0. The lowest BCUT2D eigenvalue weighted by atomic mass is 9.45. The Morgan fingerprint density at radius 1 is 1.09 bits per heavy atom. The number of aliphatic hydroxyl groups excluding tert-OH is 4. The van der Waals surface area contributed by atoms with Gasteiger partial charge in [0.05, 0.1) is 35.6 Å². The summed E-state index contributed by atoms with van der Waals surface area (Å²) in [5, 5.41) is 66.9. The van der Waals surface area contributed by atoms with Crippen LogP contribution in [0, 0.1) is 34.5 Å². The average Bonchev–Trinajstić information content (AvgIpc) is 2.99. The number of fused-ring (bicyclic) bond motifs is 5. The molecule has 7 nitrogen and oxygen atoms in total. The van der Waals surface area contributed by atoms with Crippen molar-refractivity contribution in [2.24, 2.45) is 34.5 Å². The molecule has 194 valence electrons. The summed E-state index contributed by atoms with van der Waals surface area (Å²) in [6.07, 6.45) is 0.195. The maximum atomic E-state index is 13.3. The van der Waals surface area contributed by atoms with Crippen LogP contribution in [0.5, 0.6) is 0 Å². The van der Waals surface area contributed by atoms with Gasteiger partial charge in [-0.1, -0.05) is 27.7 Å². The summed E-state index contributed by atoms with van der Waals surface area (Å²) in [7, 11) is 0. The Hall–Kier alpha value is -0.830. The highest BCUT2D eigenvalue weighted by molar-refractivity contribution is 5.95. The molecule has 0 radical (unpaired) electrons. The lowest BCUT2D eigenvalue weighted by molar-refractivity contribution is -0.196. The number of hydrogen-bond donors (Lipinski definition) is 6. The van der Waals surface area contributed by atoms with E-state index in [1.807, 2.05) is 13.8 Å². The third kappa shape index (κ3) is 3.57. The molecule has 0 saturated heterocycles. The minimum Gasteiger partial charge on any atom is -0.392 e. The van der Waals surface area contributed by atoms with E-state index in [0.717, 1.165) is 6.42 Å². The summed E-state index contributed by atoms with van der Waals surface area (Å²) in [5.41, 5.74) is -4.09. The Morgan fingerprint density at radius 3 is 2.35 bits per heavy atom. The van der Waals surface area contributed by atoms with Gasteiger partial charge in [-0.15, -0.1) is 0 Å². The first kappa shape index (κ1) is 26.2. The van der Waals surface area contributed by atoms with E-state index >= 15 is 0 Å². The van der Waals surface area contributed by atoms with Crippen LogP contribution in [-0.2, 0) is 4.79 Å². The molecule has 0 amide bonds. The predicted octanol–water partition coefficient (Wildman–Crippen LogP) is 1.71. The normalized spacial score (nSPS) is 49.1. The molecule has 34 heavy (non-hydrogen) atoms. The number of allylic oxidation sites excluding steroid dienone is 1. The van der Waals surface area contributed by atoms with E-state index in [0.29, 0.717) is 30.8 Å². The van der Waals surface area contributed by atoms with Gasteiger partial charge in [0.15, 0.2) is 5.78 Å². The molecule has 6 N–H and O–H groups in total. The maximum Gasteiger partial charge on any atom is 0.159 e. The third-order valence-electron chi connectivity index (χ3n) is 10.5. The Balaban J connectivity index is 1.73. The molecule has 3 fully saturated rings. The predicted molar refractivity (Wildman–Crippen MR) is 127 cm³/mol. The second kappa shape index (κ2) is 8.35. The SMILES string of the molecule is CC(C)CC[C@H](O)[C@](C)(O)[C@H]1CC[C@@]2(O)C3=CC(=O)[C@@H]4C[C@@H](O)[C@@H](O)C[C@]4(C)[C@H]3[C@H](O)C[C@]12C. The number of aliphatic hydroxyl groups is 6. The first-order valence-electron chi connectivity index (χ1n) is 13.0.